The molecule has 0 spiro atoms. The maximum Gasteiger partial charge on any atom is 0.263 e. The van der Waals surface area contributed by atoms with E-state index in [1.807, 2.05) is 33.7 Å². The van der Waals surface area contributed by atoms with Gasteiger partial charge in [-0.05, 0) is 24.3 Å². The molecular weight excluding hydrogens is 376 g/mol. The number of nitrogens with zero attached hydrogens (tertiary/aromatic N) is 6. The zero-order valence-corrected chi connectivity index (χ0v) is 16.6. The summed E-state index contributed by atoms with van der Waals surface area (Å²) in [5.74, 6) is 1.57. The highest BCUT2D eigenvalue weighted by Crippen LogP contribution is 2.28. The third kappa shape index (κ3) is 4.04. The fourth-order valence-corrected chi connectivity index (χ4v) is 3.95. The Morgan fingerprint density at radius 1 is 1.29 bits per heavy atom. The Morgan fingerprint density at radius 3 is 2.86 bits per heavy atom. The topological polar surface area (TPSA) is 88.3 Å². The second-order valence-electron chi connectivity index (χ2n) is 6.85. The molecule has 0 bridgehead atoms. The van der Waals surface area contributed by atoms with Crippen molar-refractivity contribution in [2.45, 2.75) is 25.7 Å². The highest BCUT2D eigenvalue weighted by atomic mass is 32.1. The zero-order chi connectivity index (χ0) is 19.3. The lowest BCUT2D eigenvalue weighted by Crippen LogP contribution is -2.40. The van der Waals surface area contributed by atoms with Gasteiger partial charge >= 0.3 is 0 Å². The number of hydrogen-bond donors (Lipinski definition) is 0. The molecule has 0 unspecified atom stereocenters. The number of hydrogen-bond acceptors (Lipinski definition) is 8. The van der Waals surface area contributed by atoms with Crippen LogP contribution in [0.1, 0.15) is 25.7 Å². The highest BCUT2D eigenvalue weighted by Gasteiger charge is 2.22. The molecule has 3 aromatic heterocycles. The van der Waals surface area contributed by atoms with Crippen molar-refractivity contribution in [2.75, 3.05) is 31.6 Å². The third-order valence-electron chi connectivity index (χ3n) is 4.82. The Balaban J connectivity index is 1.53. The molecule has 28 heavy (non-hydrogen) atoms. The van der Waals surface area contributed by atoms with Gasteiger partial charge in [-0.25, -0.2) is 9.97 Å². The quantitative estimate of drug-likeness (QED) is 0.652. The van der Waals surface area contributed by atoms with Crippen LogP contribution in [0.3, 0.4) is 0 Å². The van der Waals surface area contributed by atoms with Gasteiger partial charge in [0.25, 0.3) is 5.89 Å². The van der Waals surface area contributed by atoms with Gasteiger partial charge in [0, 0.05) is 37.3 Å². The Hall–Kier alpha value is -2.81. The van der Waals surface area contributed by atoms with E-state index in [0.29, 0.717) is 23.1 Å². The maximum atomic E-state index is 12.7. The van der Waals surface area contributed by atoms with E-state index < -0.39 is 0 Å². The van der Waals surface area contributed by atoms with Crippen LogP contribution in [0.4, 0.5) is 5.82 Å². The summed E-state index contributed by atoms with van der Waals surface area (Å²) >= 11 is 1.57. The fraction of sp³-hybridized carbons (Fsp3) is 0.421. The van der Waals surface area contributed by atoms with Crippen LogP contribution in [-0.4, -0.2) is 57.6 Å². The van der Waals surface area contributed by atoms with Crippen molar-refractivity contribution in [2.24, 2.45) is 0 Å². The molecule has 0 N–H and O–H groups in total. The van der Waals surface area contributed by atoms with E-state index in [2.05, 4.69) is 20.1 Å². The summed E-state index contributed by atoms with van der Waals surface area (Å²) in [5, 5.41) is 7.98. The van der Waals surface area contributed by atoms with E-state index in [-0.39, 0.29) is 12.5 Å². The van der Waals surface area contributed by atoms with Gasteiger partial charge in [0.15, 0.2) is 0 Å². The molecule has 0 saturated carbocycles. The number of rotatable bonds is 5. The molecule has 1 aliphatic heterocycles. The van der Waals surface area contributed by atoms with E-state index in [1.54, 1.807) is 17.5 Å². The maximum absolute atomic E-state index is 12.7. The van der Waals surface area contributed by atoms with Gasteiger partial charge < -0.3 is 14.3 Å². The van der Waals surface area contributed by atoms with Crippen LogP contribution < -0.4 is 4.90 Å². The Labute approximate surface area is 167 Å². The van der Waals surface area contributed by atoms with Gasteiger partial charge in [-0.15, -0.1) is 0 Å². The van der Waals surface area contributed by atoms with Crippen LogP contribution in [0.25, 0.3) is 22.8 Å². The molecule has 0 aliphatic carbocycles. The molecule has 1 fully saturated rings. The minimum atomic E-state index is 0.110. The second kappa shape index (κ2) is 8.47. The van der Waals surface area contributed by atoms with Crippen LogP contribution in [0, 0.1) is 0 Å². The Bertz CT molecular complexity index is 918. The standard InChI is InChI=1S/C19H22N6O2S/c1-24(11-16(26)25-7-4-2-3-5-8-25)18-15(10-20-13-21-18)19-22-17(23-27-19)14-6-9-28-12-14/h6,9-10,12-13H,2-5,7-8,11H2,1H3. The molecular formula is C19H22N6O2S. The lowest BCUT2D eigenvalue weighted by Gasteiger charge is -2.25. The predicted molar refractivity (Wildman–Crippen MR) is 107 cm³/mol. The van der Waals surface area contributed by atoms with Crippen LogP contribution in [0.15, 0.2) is 33.9 Å². The molecule has 0 aromatic carbocycles. The first-order valence-corrected chi connectivity index (χ1v) is 10.3. The Kier molecular flexibility index (Phi) is 5.61. The van der Waals surface area contributed by atoms with Gasteiger partial charge in [-0.1, -0.05) is 18.0 Å². The van der Waals surface area contributed by atoms with Crippen molar-refractivity contribution in [1.29, 1.82) is 0 Å². The zero-order valence-electron chi connectivity index (χ0n) is 15.7. The van der Waals surface area contributed by atoms with Crippen molar-refractivity contribution in [3.05, 3.63) is 29.4 Å². The van der Waals surface area contributed by atoms with Crippen LogP contribution in [0.5, 0.6) is 0 Å². The summed E-state index contributed by atoms with van der Waals surface area (Å²) < 4.78 is 5.44. The average molecular weight is 398 g/mol. The van der Waals surface area contributed by atoms with Crippen LogP contribution in [-0.2, 0) is 4.79 Å². The number of aromatic nitrogens is 4. The second-order valence-corrected chi connectivity index (χ2v) is 7.63. The van der Waals surface area contributed by atoms with Crippen LogP contribution in [0.2, 0.25) is 0 Å². The number of carbonyl (C=O) groups is 1. The van der Waals surface area contributed by atoms with E-state index in [9.17, 15) is 4.79 Å². The first-order chi connectivity index (χ1) is 13.7. The molecule has 4 heterocycles. The summed E-state index contributed by atoms with van der Waals surface area (Å²) in [7, 11) is 1.84. The summed E-state index contributed by atoms with van der Waals surface area (Å²) in [6, 6.07) is 1.94. The minimum Gasteiger partial charge on any atom is -0.350 e. The van der Waals surface area contributed by atoms with Crippen molar-refractivity contribution >= 4 is 23.1 Å². The molecule has 3 aromatic rings. The third-order valence-corrected chi connectivity index (χ3v) is 5.50. The molecule has 1 aliphatic rings. The molecule has 8 nitrogen and oxygen atoms in total. The summed E-state index contributed by atoms with van der Waals surface area (Å²) in [4.78, 5) is 29.4. The largest absolute Gasteiger partial charge is 0.350 e. The van der Waals surface area contributed by atoms with Crippen molar-refractivity contribution < 1.29 is 9.32 Å². The number of likely N-dealkylation sites (N-methyl/N-ethyl adjacent to an activating group) is 1. The number of likely N-dealkylation sites (tertiary alicyclic amines) is 1. The first-order valence-electron chi connectivity index (χ1n) is 9.38. The van der Waals surface area contributed by atoms with Gasteiger partial charge in [0.1, 0.15) is 17.7 Å². The molecule has 1 amide bonds. The van der Waals surface area contributed by atoms with Gasteiger partial charge in [0.2, 0.25) is 11.7 Å². The normalized spacial score (nSPS) is 14.7. The highest BCUT2D eigenvalue weighted by molar-refractivity contribution is 7.08. The Morgan fingerprint density at radius 2 is 2.11 bits per heavy atom. The number of amides is 1. The van der Waals surface area contributed by atoms with Gasteiger partial charge in [-0.2, -0.15) is 16.3 Å². The van der Waals surface area contributed by atoms with Crippen molar-refractivity contribution in [3.8, 4) is 22.8 Å². The predicted octanol–water partition coefficient (Wildman–Crippen LogP) is 3.09. The summed E-state index contributed by atoms with van der Waals surface area (Å²) in [6.45, 7) is 1.91. The minimum absolute atomic E-state index is 0.110. The SMILES string of the molecule is CN(CC(=O)N1CCCCCC1)c1ncncc1-c1nc(-c2ccsc2)no1. The monoisotopic (exact) mass is 398 g/mol. The van der Waals surface area contributed by atoms with E-state index >= 15 is 0 Å². The van der Waals surface area contributed by atoms with Crippen LogP contribution >= 0.6 is 11.3 Å². The molecule has 0 radical (unpaired) electrons. The van der Waals surface area contributed by atoms with E-state index in [0.717, 1.165) is 31.5 Å². The van der Waals surface area contributed by atoms with Gasteiger partial charge in [-0.3, -0.25) is 4.79 Å². The summed E-state index contributed by atoms with van der Waals surface area (Å²) in [6.07, 6.45) is 7.63. The molecule has 9 heteroatoms. The number of thiophene rings is 1. The first kappa shape index (κ1) is 18.5. The molecule has 4 rings (SSSR count). The lowest BCUT2D eigenvalue weighted by atomic mass is 10.2. The molecule has 146 valence electrons. The average Bonchev–Trinajstić information content (AvgIpc) is 3.34. The molecule has 0 atom stereocenters. The summed E-state index contributed by atoms with van der Waals surface area (Å²) in [5.41, 5.74) is 1.52. The lowest BCUT2D eigenvalue weighted by molar-refractivity contribution is -0.129. The molecule has 1 saturated heterocycles. The smallest absolute Gasteiger partial charge is 0.263 e. The van der Waals surface area contributed by atoms with Gasteiger partial charge in [0.05, 0.1) is 6.54 Å². The number of anilines is 1. The van der Waals surface area contributed by atoms with Crippen molar-refractivity contribution in [1.82, 2.24) is 25.0 Å². The fourth-order valence-electron chi connectivity index (χ4n) is 3.32. The van der Waals surface area contributed by atoms with E-state index in [4.69, 9.17) is 4.52 Å². The van der Waals surface area contributed by atoms with Crippen molar-refractivity contribution in [3.63, 3.8) is 0 Å². The van der Waals surface area contributed by atoms with E-state index in [1.165, 1.54) is 19.2 Å². The number of carbonyl (C=O) groups excluding carboxylic acids is 1.